The Balaban J connectivity index is 0.000000902. The van der Waals surface area contributed by atoms with Crippen molar-refractivity contribution in [2.45, 2.75) is 7.43 Å². The molecule has 0 nitrogen and oxygen atoms in total. The second-order valence-electron chi connectivity index (χ2n) is 4.29. The normalized spacial score (nSPS) is 11.1. The molecule has 0 N–H and O–H groups in total. The molecular formula is C17H14. The molecule has 82 valence electrons. The topological polar surface area (TPSA) is 0 Å². The fourth-order valence-corrected chi connectivity index (χ4v) is 2.67. The van der Waals surface area contributed by atoms with Crippen LogP contribution in [0.3, 0.4) is 0 Å². The first-order valence-corrected chi connectivity index (χ1v) is 5.56. The highest BCUT2D eigenvalue weighted by atomic mass is 14.1. The van der Waals surface area contributed by atoms with Gasteiger partial charge in [0.15, 0.2) is 0 Å². The van der Waals surface area contributed by atoms with Gasteiger partial charge in [0.05, 0.1) is 0 Å². The van der Waals surface area contributed by atoms with Crippen molar-refractivity contribution >= 4 is 32.3 Å². The average Bonchev–Trinajstić information content (AvgIpc) is 2.36. The number of hydrogen-bond acceptors (Lipinski definition) is 0. The van der Waals surface area contributed by atoms with Gasteiger partial charge in [-0.15, -0.1) is 0 Å². The predicted octanol–water partition coefficient (Wildman–Crippen LogP) is 5.22. The highest BCUT2D eigenvalue weighted by Crippen LogP contribution is 2.33. The lowest BCUT2D eigenvalue weighted by molar-refractivity contribution is 1.78. The maximum absolute atomic E-state index is 2.21. The Kier molecular flexibility index (Phi) is 2.05. The second kappa shape index (κ2) is 3.46. The zero-order chi connectivity index (χ0) is 10.5. The summed E-state index contributed by atoms with van der Waals surface area (Å²) >= 11 is 0. The first-order valence-electron chi connectivity index (χ1n) is 5.56. The summed E-state index contributed by atoms with van der Waals surface area (Å²) < 4.78 is 0. The summed E-state index contributed by atoms with van der Waals surface area (Å²) in [4.78, 5) is 0. The Morgan fingerprint density at radius 3 is 1.00 bits per heavy atom. The van der Waals surface area contributed by atoms with Crippen LogP contribution in [0.1, 0.15) is 7.43 Å². The van der Waals surface area contributed by atoms with Gasteiger partial charge >= 0.3 is 0 Å². The van der Waals surface area contributed by atoms with Crippen molar-refractivity contribution in [3.05, 3.63) is 60.7 Å². The fraction of sp³-hybridized carbons (Fsp3) is 0.0588. The highest BCUT2D eigenvalue weighted by molar-refractivity contribution is 6.22. The van der Waals surface area contributed by atoms with Gasteiger partial charge in [-0.25, -0.2) is 0 Å². The van der Waals surface area contributed by atoms with Crippen LogP contribution in [0.4, 0.5) is 0 Å². The van der Waals surface area contributed by atoms with Crippen molar-refractivity contribution < 1.29 is 0 Å². The Hall–Kier alpha value is -2.08. The molecule has 4 rings (SSSR count). The summed E-state index contributed by atoms with van der Waals surface area (Å²) in [6.45, 7) is 0. The van der Waals surface area contributed by atoms with E-state index < -0.39 is 0 Å². The summed E-state index contributed by atoms with van der Waals surface area (Å²) in [5.41, 5.74) is 0. The molecule has 0 unspecified atom stereocenters. The largest absolute Gasteiger partial charge is 0.0776 e. The Morgan fingerprint density at radius 1 is 0.412 bits per heavy atom. The minimum Gasteiger partial charge on any atom is -0.0776 e. The third-order valence-corrected chi connectivity index (χ3v) is 3.39. The molecule has 0 radical (unpaired) electrons. The summed E-state index contributed by atoms with van der Waals surface area (Å²) in [5.74, 6) is 0. The van der Waals surface area contributed by atoms with Crippen molar-refractivity contribution in [2.75, 3.05) is 0 Å². The number of benzene rings is 4. The lowest BCUT2D eigenvalue weighted by atomic mass is 9.95. The molecule has 0 amide bonds. The van der Waals surface area contributed by atoms with E-state index in [9.17, 15) is 0 Å². The lowest BCUT2D eigenvalue weighted by Gasteiger charge is -2.09. The van der Waals surface area contributed by atoms with Gasteiger partial charge in [-0.05, 0) is 32.3 Å². The minimum atomic E-state index is 0. The molecule has 0 heterocycles. The van der Waals surface area contributed by atoms with Gasteiger partial charge < -0.3 is 0 Å². The molecule has 0 heteroatoms. The van der Waals surface area contributed by atoms with Crippen molar-refractivity contribution in [3.63, 3.8) is 0 Å². The van der Waals surface area contributed by atoms with Crippen molar-refractivity contribution in [3.8, 4) is 0 Å². The van der Waals surface area contributed by atoms with Crippen LogP contribution in [0, 0.1) is 0 Å². The first-order chi connectivity index (χ1) is 7.93. The SMILES string of the molecule is C.c1cc2ccc3cccc4ccc(c1)c2c34. The highest BCUT2D eigenvalue weighted by Gasteiger charge is 2.05. The molecule has 0 aromatic heterocycles. The van der Waals surface area contributed by atoms with E-state index in [0.29, 0.717) is 0 Å². The summed E-state index contributed by atoms with van der Waals surface area (Å²) in [7, 11) is 0. The number of hydrogen-bond donors (Lipinski definition) is 0. The summed E-state index contributed by atoms with van der Waals surface area (Å²) in [6, 6.07) is 21.9. The van der Waals surface area contributed by atoms with E-state index in [-0.39, 0.29) is 7.43 Å². The summed E-state index contributed by atoms with van der Waals surface area (Å²) in [5, 5.41) is 8.14. The van der Waals surface area contributed by atoms with E-state index in [1.54, 1.807) is 0 Å². The second-order valence-corrected chi connectivity index (χ2v) is 4.29. The molecule has 0 saturated heterocycles. The zero-order valence-corrected chi connectivity index (χ0v) is 8.77. The van der Waals surface area contributed by atoms with Crippen molar-refractivity contribution in [1.29, 1.82) is 0 Å². The van der Waals surface area contributed by atoms with E-state index >= 15 is 0 Å². The molecule has 4 aromatic rings. The predicted molar refractivity (Wildman–Crippen MR) is 76.9 cm³/mol. The average molecular weight is 218 g/mol. The molecule has 0 aliphatic rings. The van der Waals surface area contributed by atoms with Crippen LogP contribution in [0.2, 0.25) is 0 Å². The molecule has 4 aromatic carbocycles. The maximum atomic E-state index is 2.21. The quantitative estimate of drug-likeness (QED) is 0.355. The molecule has 0 aliphatic carbocycles. The van der Waals surface area contributed by atoms with Gasteiger partial charge in [0.25, 0.3) is 0 Å². The summed E-state index contributed by atoms with van der Waals surface area (Å²) in [6.07, 6.45) is 0. The molecule has 0 bridgehead atoms. The standard InChI is InChI=1S/C16H10.CH4/c1-3-11-7-9-13-5-2-6-14-10-8-12(4-1)15(11)16(13)14;/h1-10H;1H4. The molecule has 0 spiro atoms. The van der Waals surface area contributed by atoms with Crippen LogP contribution in [0.5, 0.6) is 0 Å². The third-order valence-electron chi connectivity index (χ3n) is 3.39. The Labute approximate surface area is 101 Å². The van der Waals surface area contributed by atoms with Gasteiger partial charge in [0.1, 0.15) is 0 Å². The van der Waals surface area contributed by atoms with E-state index in [0.717, 1.165) is 0 Å². The van der Waals surface area contributed by atoms with Crippen LogP contribution < -0.4 is 0 Å². The Morgan fingerprint density at radius 2 is 0.706 bits per heavy atom. The van der Waals surface area contributed by atoms with Gasteiger partial charge in [-0.2, -0.15) is 0 Å². The van der Waals surface area contributed by atoms with Gasteiger partial charge in [0.2, 0.25) is 0 Å². The van der Waals surface area contributed by atoms with Crippen LogP contribution in [0.15, 0.2) is 60.7 Å². The minimum absolute atomic E-state index is 0. The van der Waals surface area contributed by atoms with Crippen molar-refractivity contribution in [2.24, 2.45) is 0 Å². The zero-order valence-electron chi connectivity index (χ0n) is 8.77. The maximum Gasteiger partial charge on any atom is -0.00268 e. The van der Waals surface area contributed by atoms with Gasteiger partial charge in [-0.3, -0.25) is 0 Å². The van der Waals surface area contributed by atoms with Crippen LogP contribution >= 0.6 is 0 Å². The monoisotopic (exact) mass is 218 g/mol. The Bertz CT molecular complexity index is 667. The van der Waals surface area contributed by atoms with E-state index in [1.165, 1.54) is 32.3 Å². The number of rotatable bonds is 0. The van der Waals surface area contributed by atoms with Crippen LogP contribution in [-0.2, 0) is 0 Å². The van der Waals surface area contributed by atoms with Crippen LogP contribution in [0.25, 0.3) is 32.3 Å². The molecule has 0 saturated carbocycles. The smallest absolute Gasteiger partial charge is 0.00268 e. The van der Waals surface area contributed by atoms with E-state index in [4.69, 9.17) is 0 Å². The molecule has 0 atom stereocenters. The molecule has 17 heavy (non-hydrogen) atoms. The van der Waals surface area contributed by atoms with Gasteiger partial charge in [0, 0.05) is 0 Å². The van der Waals surface area contributed by atoms with Gasteiger partial charge in [-0.1, -0.05) is 68.1 Å². The third kappa shape index (κ3) is 1.24. The van der Waals surface area contributed by atoms with E-state index in [1.807, 2.05) is 0 Å². The molecule has 0 fully saturated rings. The molecular weight excluding hydrogens is 204 g/mol. The molecule has 0 aliphatic heterocycles. The van der Waals surface area contributed by atoms with Crippen molar-refractivity contribution in [1.82, 2.24) is 0 Å². The van der Waals surface area contributed by atoms with E-state index in [2.05, 4.69) is 60.7 Å². The lowest BCUT2D eigenvalue weighted by Crippen LogP contribution is -1.82. The van der Waals surface area contributed by atoms with Crippen LogP contribution in [-0.4, -0.2) is 0 Å². The first kappa shape index (κ1) is 10.1. The fourth-order valence-electron chi connectivity index (χ4n) is 2.67.